The van der Waals surface area contributed by atoms with Crippen molar-refractivity contribution in [3.63, 3.8) is 0 Å². The van der Waals surface area contributed by atoms with Gasteiger partial charge in [-0.2, -0.15) is 0 Å². The van der Waals surface area contributed by atoms with Crippen LogP contribution in [0.3, 0.4) is 0 Å². The molecule has 0 spiro atoms. The molecule has 3 heteroatoms. The largest absolute Gasteiger partial charge is 1.00 e. The van der Waals surface area contributed by atoms with Crippen LogP contribution in [0.2, 0.25) is 0 Å². The van der Waals surface area contributed by atoms with Crippen LogP contribution in [0, 0.1) is 0 Å². The molecule has 0 aliphatic carbocycles. The topological polar surface area (TPSA) is 20.2 Å². The maximum Gasteiger partial charge on any atom is 0.102 e. The van der Waals surface area contributed by atoms with Crippen LogP contribution < -0.4 is 12.4 Å². The highest BCUT2D eigenvalue weighted by molar-refractivity contribution is 4.81. The molecule has 0 radical (unpaired) electrons. The van der Waals surface area contributed by atoms with E-state index in [-0.39, 0.29) is 12.4 Å². The molecule has 42 heavy (non-hydrogen) atoms. The van der Waals surface area contributed by atoms with E-state index in [0.717, 1.165) is 11.0 Å². The Morgan fingerprint density at radius 1 is 0.381 bits per heavy atom. The van der Waals surface area contributed by atoms with Gasteiger partial charge in [-0.25, -0.2) is 0 Å². The molecule has 0 bridgehead atoms. The van der Waals surface area contributed by atoms with E-state index in [0.29, 0.717) is 6.61 Å². The van der Waals surface area contributed by atoms with Crippen LogP contribution in [0.15, 0.2) is 12.2 Å². The first-order valence-corrected chi connectivity index (χ1v) is 19.3. The van der Waals surface area contributed by atoms with Gasteiger partial charge in [0, 0.05) is 0 Å². The van der Waals surface area contributed by atoms with Crippen LogP contribution in [0.1, 0.15) is 206 Å². The molecule has 1 unspecified atom stereocenters. The summed E-state index contributed by atoms with van der Waals surface area (Å²) in [7, 11) is 2.39. The van der Waals surface area contributed by atoms with Crippen molar-refractivity contribution in [2.24, 2.45) is 0 Å². The highest BCUT2D eigenvalue weighted by Crippen LogP contribution is 2.16. The van der Waals surface area contributed by atoms with Gasteiger partial charge in [0.15, 0.2) is 0 Å². The second-order valence-corrected chi connectivity index (χ2v) is 13.8. The van der Waals surface area contributed by atoms with Crippen molar-refractivity contribution >= 4 is 0 Å². The number of aliphatic hydroxyl groups excluding tert-OH is 1. The SMILES string of the molecule is CCCCCCCCC=CCCCCCCCC[N+](C)(CCO)CCCCCCCCCCCCCCCCCC.[Cl-]. The Morgan fingerprint density at radius 2 is 0.643 bits per heavy atom. The molecule has 0 fully saturated rings. The lowest BCUT2D eigenvalue weighted by molar-refractivity contribution is -0.910. The van der Waals surface area contributed by atoms with E-state index in [1.807, 2.05) is 0 Å². The lowest BCUT2D eigenvalue weighted by atomic mass is 10.0. The number of hydrogen-bond donors (Lipinski definition) is 1. The number of aliphatic hydroxyl groups is 1. The number of likely N-dealkylation sites (N-methyl/N-ethyl adjacent to an activating group) is 1. The minimum absolute atomic E-state index is 0. The summed E-state index contributed by atoms with van der Waals surface area (Å²) in [5.41, 5.74) is 0. The standard InChI is InChI=1S/C39H80NO.ClH/c1-4-6-8-10-12-14-16-18-20-22-24-26-28-30-32-34-36-40(3,38-39-41)37-35-33-31-29-27-25-23-21-19-17-15-13-11-9-7-5-2;/h18,20,41H,4-17,19,21-39H2,1-3H3;1H/q+1;/p-1. The predicted octanol–water partition coefficient (Wildman–Crippen LogP) is 9.73. The Bertz CT molecular complexity index is 511. The average Bonchev–Trinajstić information content (AvgIpc) is 2.97. The summed E-state index contributed by atoms with van der Waals surface area (Å²) in [5.74, 6) is 0. The Labute approximate surface area is 273 Å². The van der Waals surface area contributed by atoms with Gasteiger partial charge in [-0.05, 0) is 51.4 Å². The monoisotopic (exact) mass is 614 g/mol. The molecule has 0 heterocycles. The fourth-order valence-corrected chi connectivity index (χ4v) is 6.36. The van der Waals surface area contributed by atoms with Gasteiger partial charge < -0.3 is 22.0 Å². The van der Waals surface area contributed by atoms with E-state index in [9.17, 15) is 5.11 Å². The van der Waals surface area contributed by atoms with Gasteiger partial charge in [-0.15, -0.1) is 0 Å². The van der Waals surface area contributed by atoms with E-state index in [1.165, 1.54) is 206 Å². The van der Waals surface area contributed by atoms with Gasteiger partial charge in [-0.1, -0.05) is 167 Å². The number of nitrogens with zero attached hydrogens (tertiary/aromatic N) is 1. The fraction of sp³-hybridized carbons (Fsp3) is 0.949. The second-order valence-electron chi connectivity index (χ2n) is 13.8. The van der Waals surface area contributed by atoms with Gasteiger partial charge in [0.05, 0.1) is 26.7 Å². The van der Waals surface area contributed by atoms with E-state index >= 15 is 0 Å². The van der Waals surface area contributed by atoms with Gasteiger partial charge in [0.2, 0.25) is 0 Å². The molecule has 0 aromatic heterocycles. The third-order valence-corrected chi connectivity index (χ3v) is 9.40. The molecular formula is C39H80ClNO. The zero-order chi connectivity index (χ0) is 30.0. The number of rotatable bonds is 35. The van der Waals surface area contributed by atoms with Crippen LogP contribution in [0.25, 0.3) is 0 Å². The molecular weight excluding hydrogens is 534 g/mol. The smallest absolute Gasteiger partial charge is 0.102 e. The van der Waals surface area contributed by atoms with Crippen molar-refractivity contribution in [1.29, 1.82) is 0 Å². The van der Waals surface area contributed by atoms with Crippen LogP contribution in [-0.4, -0.2) is 42.9 Å². The zero-order valence-electron chi connectivity index (χ0n) is 29.5. The van der Waals surface area contributed by atoms with E-state index < -0.39 is 0 Å². The first-order valence-electron chi connectivity index (χ1n) is 19.3. The van der Waals surface area contributed by atoms with Gasteiger partial charge >= 0.3 is 0 Å². The summed E-state index contributed by atoms with van der Waals surface area (Å²) >= 11 is 0. The van der Waals surface area contributed by atoms with E-state index in [4.69, 9.17) is 0 Å². The molecule has 0 rings (SSSR count). The molecule has 0 aromatic rings. The molecule has 0 saturated heterocycles. The maximum atomic E-state index is 9.65. The van der Waals surface area contributed by atoms with Crippen LogP contribution in [0.5, 0.6) is 0 Å². The van der Waals surface area contributed by atoms with Crippen molar-refractivity contribution in [3.8, 4) is 0 Å². The van der Waals surface area contributed by atoms with Crippen molar-refractivity contribution in [1.82, 2.24) is 0 Å². The third-order valence-electron chi connectivity index (χ3n) is 9.40. The zero-order valence-corrected chi connectivity index (χ0v) is 30.2. The first-order chi connectivity index (χ1) is 20.2. The third kappa shape index (κ3) is 34.4. The van der Waals surface area contributed by atoms with E-state index in [2.05, 4.69) is 33.0 Å². The maximum absolute atomic E-state index is 9.65. The summed E-state index contributed by atoms with van der Waals surface area (Å²) in [5, 5.41) is 9.65. The lowest BCUT2D eigenvalue weighted by Crippen LogP contribution is -3.00. The minimum atomic E-state index is 0. The highest BCUT2D eigenvalue weighted by atomic mass is 35.5. The minimum Gasteiger partial charge on any atom is -1.00 e. The number of halogens is 1. The van der Waals surface area contributed by atoms with E-state index in [1.54, 1.807) is 0 Å². The number of quaternary nitrogens is 1. The summed E-state index contributed by atoms with van der Waals surface area (Å²) in [6.07, 6.45) is 47.0. The first kappa shape index (κ1) is 44.1. The lowest BCUT2D eigenvalue weighted by Gasteiger charge is -2.34. The molecule has 0 saturated carbocycles. The second kappa shape index (κ2) is 37.1. The van der Waals surface area contributed by atoms with Crippen molar-refractivity contribution in [2.45, 2.75) is 206 Å². The Morgan fingerprint density at radius 3 is 0.929 bits per heavy atom. The summed E-state index contributed by atoms with van der Waals surface area (Å²) in [4.78, 5) is 0. The van der Waals surface area contributed by atoms with Crippen LogP contribution in [0.4, 0.5) is 0 Å². The molecule has 1 atom stereocenters. The normalized spacial score (nSPS) is 13.0. The molecule has 0 aromatic carbocycles. The summed E-state index contributed by atoms with van der Waals surface area (Å²) in [6.45, 7) is 8.37. The molecule has 0 amide bonds. The van der Waals surface area contributed by atoms with Gasteiger partial charge in [-0.3, -0.25) is 0 Å². The molecule has 0 aliphatic rings. The molecule has 2 nitrogen and oxygen atoms in total. The van der Waals surface area contributed by atoms with Crippen molar-refractivity contribution in [3.05, 3.63) is 12.2 Å². The van der Waals surface area contributed by atoms with Gasteiger partial charge in [0.1, 0.15) is 6.54 Å². The Kier molecular flexibility index (Phi) is 39.0. The summed E-state index contributed by atoms with van der Waals surface area (Å²) in [6, 6.07) is 0. The van der Waals surface area contributed by atoms with Crippen LogP contribution >= 0.6 is 0 Å². The number of unbranched alkanes of at least 4 members (excludes halogenated alkanes) is 27. The van der Waals surface area contributed by atoms with Crippen LogP contribution in [-0.2, 0) is 0 Å². The summed E-state index contributed by atoms with van der Waals surface area (Å²) < 4.78 is 1.08. The fourth-order valence-electron chi connectivity index (χ4n) is 6.36. The molecule has 0 aliphatic heterocycles. The highest BCUT2D eigenvalue weighted by Gasteiger charge is 2.19. The van der Waals surface area contributed by atoms with Crippen molar-refractivity contribution in [2.75, 3.05) is 33.3 Å². The quantitative estimate of drug-likeness (QED) is 0.0428. The Balaban J connectivity index is 0. The number of allylic oxidation sites excluding steroid dienone is 2. The molecule has 1 N–H and O–H groups in total. The number of hydrogen-bond acceptors (Lipinski definition) is 1. The Hall–Kier alpha value is -0.0500. The molecule has 254 valence electrons. The van der Waals surface area contributed by atoms with Crippen molar-refractivity contribution < 1.29 is 22.0 Å². The predicted molar refractivity (Wildman–Crippen MR) is 187 cm³/mol. The average molecular weight is 615 g/mol. The van der Waals surface area contributed by atoms with Gasteiger partial charge in [0.25, 0.3) is 0 Å².